The lowest BCUT2D eigenvalue weighted by molar-refractivity contribution is -0.137. The lowest BCUT2D eigenvalue weighted by Gasteiger charge is -2.34. The maximum Gasteiger partial charge on any atom is 0.416 e. The van der Waals surface area contributed by atoms with E-state index in [9.17, 15) is 33.0 Å². The molecule has 32 heavy (non-hydrogen) atoms. The number of anilines is 2. The Bertz CT molecular complexity index is 1090. The van der Waals surface area contributed by atoms with Crippen molar-refractivity contribution in [3.8, 4) is 0 Å². The molecule has 1 saturated heterocycles. The molecule has 0 aliphatic carbocycles. The van der Waals surface area contributed by atoms with Gasteiger partial charge in [0.25, 0.3) is 11.8 Å². The van der Waals surface area contributed by atoms with Gasteiger partial charge in [-0.2, -0.15) is 13.2 Å². The third-order valence-electron chi connectivity index (χ3n) is 5.64. The number of pyridine rings is 1. The Morgan fingerprint density at radius 2 is 1.97 bits per heavy atom. The van der Waals surface area contributed by atoms with Crippen molar-refractivity contribution in [1.82, 2.24) is 4.98 Å². The molecular formula is C21H19ClF3N3O4. The standard InChI is InChI=1S/C21H19ClF3N3O4/c1-10-8-11(21(23,24)25)9-15(26-10)28-16(17(29)18(30)20(28)32)19(31)27-7-3-4-12-13(22)5-2-6-14(12)27/h2,5-6,8-9,16-18,29-30H,3-4,7H2,1H3/t16-,17-,18-/m0/s1. The van der Waals surface area contributed by atoms with Crippen molar-refractivity contribution >= 4 is 34.9 Å². The topological polar surface area (TPSA) is 94.0 Å². The normalized spacial score (nSPS) is 23.5. The molecule has 2 aliphatic rings. The molecule has 2 amide bonds. The maximum absolute atomic E-state index is 13.5. The summed E-state index contributed by atoms with van der Waals surface area (Å²) < 4.78 is 40.0. The Morgan fingerprint density at radius 1 is 1.25 bits per heavy atom. The Hall–Kier alpha value is -2.69. The molecule has 170 valence electrons. The second-order valence-electron chi connectivity index (χ2n) is 7.77. The average molecular weight is 470 g/mol. The lowest BCUT2D eigenvalue weighted by Crippen LogP contribution is -2.52. The smallest absolute Gasteiger partial charge is 0.387 e. The lowest BCUT2D eigenvalue weighted by atomic mass is 9.99. The molecule has 1 aromatic heterocycles. The van der Waals surface area contributed by atoms with E-state index in [1.165, 1.54) is 11.8 Å². The Balaban J connectivity index is 1.79. The van der Waals surface area contributed by atoms with Crippen LogP contribution in [0.4, 0.5) is 24.7 Å². The highest BCUT2D eigenvalue weighted by Crippen LogP contribution is 2.37. The van der Waals surface area contributed by atoms with E-state index in [0.29, 0.717) is 40.1 Å². The molecule has 11 heteroatoms. The number of alkyl halides is 3. The fraction of sp³-hybridized carbons (Fsp3) is 0.381. The van der Waals surface area contributed by atoms with Crippen molar-refractivity contribution in [2.24, 2.45) is 0 Å². The molecule has 0 saturated carbocycles. The molecule has 7 nitrogen and oxygen atoms in total. The molecule has 0 spiro atoms. The first kappa shape index (κ1) is 22.5. The van der Waals surface area contributed by atoms with Crippen molar-refractivity contribution in [2.45, 2.75) is 44.2 Å². The van der Waals surface area contributed by atoms with Gasteiger partial charge in [-0.15, -0.1) is 0 Å². The van der Waals surface area contributed by atoms with Gasteiger partial charge < -0.3 is 15.1 Å². The summed E-state index contributed by atoms with van der Waals surface area (Å²) in [5.41, 5.74) is 0.0976. The average Bonchev–Trinajstić information content (AvgIpc) is 2.96. The number of hydrogen-bond acceptors (Lipinski definition) is 5. The van der Waals surface area contributed by atoms with Crippen molar-refractivity contribution < 1.29 is 33.0 Å². The predicted octanol–water partition coefficient (Wildman–Crippen LogP) is 2.48. The SMILES string of the molecule is Cc1cc(C(F)(F)F)cc(N2C(=O)[C@@H](O)[C@@H](O)[C@H]2C(=O)N2CCCc3c(Cl)cccc32)n1. The molecule has 2 aliphatic heterocycles. The van der Waals surface area contributed by atoms with Crippen LogP contribution in [-0.4, -0.2) is 51.8 Å². The van der Waals surface area contributed by atoms with Gasteiger partial charge in [0.15, 0.2) is 6.10 Å². The van der Waals surface area contributed by atoms with Gasteiger partial charge in [0.2, 0.25) is 0 Å². The zero-order valence-electron chi connectivity index (χ0n) is 16.8. The summed E-state index contributed by atoms with van der Waals surface area (Å²) in [6.45, 7) is 1.56. The number of nitrogens with zero attached hydrogens (tertiary/aromatic N) is 3. The van der Waals surface area contributed by atoms with Gasteiger partial charge in [-0.1, -0.05) is 17.7 Å². The molecule has 0 bridgehead atoms. The van der Waals surface area contributed by atoms with Crippen LogP contribution in [0.1, 0.15) is 23.2 Å². The first-order chi connectivity index (χ1) is 15.0. The van der Waals surface area contributed by atoms with Gasteiger partial charge in [0.05, 0.1) is 5.56 Å². The summed E-state index contributed by atoms with van der Waals surface area (Å²) in [6.07, 6.45) is -7.38. The largest absolute Gasteiger partial charge is 0.416 e. The highest BCUT2D eigenvalue weighted by molar-refractivity contribution is 6.32. The third kappa shape index (κ3) is 3.72. The molecule has 1 aromatic carbocycles. The van der Waals surface area contributed by atoms with E-state index >= 15 is 0 Å². The fourth-order valence-electron chi connectivity index (χ4n) is 4.17. The highest BCUT2D eigenvalue weighted by Gasteiger charge is 2.53. The highest BCUT2D eigenvalue weighted by atomic mass is 35.5. The minimum atomic E-state index is -4.72. The number of carbonyl (C=O) groups is 2. The number of aliphatic hydroxyl groups is 2. The van der Waals surface area contributed by atoms with Crippen LogP contribution < -0.4 is 9.80 Å². The number of hydrogen-bond donors (Lipinski definition) is 2. The van der Waals surface area contributed by atoms with Crippen LogP contribution in [0.5, 0.6) is 0 Å². The van der Waals surface area contributed by atoms with Gasteiger partial charge >= 0.3 is 6.18 Å². The van der Waals surface area contributed by atoms with Crippen LogP contribution in [0.15, 0.2) is 30.3 Å². The van der Waals surface area contributed by atoms with Gasteiger partial charge in [-0.25, -0.2) is 4.98 Å². The van der Waals surface area contributed by atoms with Crippen LogP contribution >= 0.6 is 11.6 Å². The van der Waals surface area contributed by atoms with Crippen LogP contribution in [0, 0.1) is 6.92 Å². The van der Waals surface area contributed by atoms with Crippen LogP contribution in [0.25, 0.3) is 0 Å². The third-order valence-corrected chi connectivity index (χ3v) is 6.00. The number of aliphatic hydroxyl groups excluding tert-OH is 2. The minimum absolute atomic E-state index is 0.0418. The van der Waals surface area contributed by atoms with E-state index in [0.717, 1.165) is 6.07 Å². The Morgan fingerprint density at radius 3 is 2.66 bits per heavy atom. The number of amides is 2. The number of aryl methyl sites for hydroxylation is 1. The molecule has 2 aromatic rings. The van der Waals surface area contributed by atoms with Crippen molar-refractivity contribution in [1.29, 1.82) is 0 Å². The van der Waals surface area contributed by atoms with Crippen molar-refractivity contribution in [3.05, 3.63) is 52.2 Å². The van der Waals surface area contributed by atoms with E-state index < -0.39 is 47.6 Å². The van der Waals surface area contributed by atoms with E-state index in [-0.39, 0.29) is 12.2 Å². The summed E-state index contributed by atoms with van der Waals surface area (Å²) in [5, 5.41) is 21.1. The van der Waals surface area contributed by atoms with Gasteiger partial charge in [0, 0.05) is 22.9 Å². The summed E-state index contributed by atoms with van der Waals surface area (Å²) in [4.78, 5) is 32.1. The van der Waals surface area contributed by atoms with E-state index in [4.69, 9.17) is 11.6 Å². The Labute approximate surface area is 186 Å². The van der Waals surface area contributed by atoms with Crippen molar-refractivity contribution in [3.63, 3.8) is 0 Å². The summed E-state index contributed by atoms with van der Waals surface area (Å²) in [7, 11) is 0. The molecular weight excluding hydrogens is 451 g/mol. The predicted molar refractivity (Wildman–Crippen MR) is 109 cm³/mol. The molecule has 0 radical (unpaired) electrons. The van der Waals surface area contributed by atoms with E-state index in [2.05, 4.69) is 4.98 Å². The van der Waals surface area contributed by atoms with Gasteiger partial charge in [-0.3, -0.25) is 14.5 Å². The molecule has 3 heterocycles. The van der Waals surface area contributed by atoms with Gasteiger partial charge in [-0.05, 0) is 49.6 Å². The number of benzene rings is 1. The fourth-order valence-corrected chi connectivity index (χ4v) is 4.44. The molecule has 4 rings (SSSR count). The van der Waals surface area contributed by atoms with E-state index in [1.807, 2.05) is 0 Å². The van der Waals surface area contributed by atoms with E-state index in [1.54, 1.807) is 18.2 Å². The molecule has 1 fully saturated rings. The molecule has 2 N–H and O–H groups in total. The zero-order chi connectivity index (χ0) is 23.4. The number of rotatable bonds is 2. The van der Waals surface area contributed by atoms with Gasteiger partial charge in [0.1, 0.15) is 18.0 Å². The van der Waals surface area contributed by atoms with Crippen LogP contribution in [0.3, 0.4) is 0 Å². The quantitative estimate of drug-likeness (QED) is 0.705. The zero-order valence-corrected chi connectivity index (χ0v) is 17.6. The summed E-state index contributed by atoms with van der Waals surface area (Å²) >= 11 is 6.24. The number of fused-ring (bicyclic) bond motifs is 1. The molecule has 3 atom stereocenters. The second kappa shape index (κ2) is 8.02. The minimum Gasteiger partial charge on any atom is -0.387 e. The molecule has 0 unspecified atom stereocenters. The number of carbonyl (C=O) groups excluding carboxylic acids is 2. The second-order valence-corrected chi connectivity index (χ2v) is 8.18. The maximum atomic E-state index is 13.5. The Kier molecular flexibility index (Phi) is 5.64. The number of halogens is 4. The summed E-state index contributed by atoms with van der Waals surface area (Å²) in [5.74, 6) is -2.33. The van der Waals surface area contributed by atoms with Crippen LogP contribution in [-0.2, 0) is 22.2 Å². The van der Waals surface area contributed by atoms with Crippen molar-refractivity contribution in [2.75, 3.05) is 16.3 Å². The van der Waals surface area contributed by atoms with Crippen LogP contribution in [0.2, 0.25) is 5.02 Å². The monoisotopic (exact) mass is 469 g/mol. The first-order valence-corrected chi connectivity index (χ1v) is 10.2. The summed E-state index contributed by atoms with van der Waals surface area (Å²) in [6, 6.07) is 4.75. The number of aromatic nitrogens is 1. The first-order valence-electron chi connectivity index (χ1n) is 9.84.